The van der Waals surface area contributed by atoms with E-state index in [1.54, 1.807) is 0 Å². The van der Waals surface area contributed by atoms with Crippen LogP contribution in [0.15, 0.2) is 0 Å². The van der Waals surface area contributed by atoms with Crippen LogP contribution in [-0.2, 0) is 4.74 Å². The fraction of sp³-hybridized carbons (Fsp3) is 1.00. The number of ether oxygens (including phenoxy) is 1. The number of rotatable bonds is 5. The summed E-state index contributed by atoms with van der Waals surface area (Å²) in [5.74, 6) is 0.958. The molecule has 16 heavy (non-hydrogen) atoms. The topological polar surface area (TPSA) is 38.5 Å². The zero-order valence-corrected chi connectivity index (χ0v) is 10.6. The molecule has 3 nitrogen and oxygen atoms in total. The van der Waals surface area contributed by atoms with E-state index in [0.29, 0.717) is 5.41 Å². The predicted octanol–water partition coefficient (Wildman–Crippen LogP) is 1.47. The second kappa shape index (κ2) is 5.48. The average Bonchev–Trinajstić information content (AvgIpc) is 2.25. The molecule has 1 heterocycles. The third-order valence-electron chi connectivity index (χ3n) is 4.39. The highest BCUT2D eigenvalue weighted by atomic mass is 16.5. The van der Waals surface area contributed by atoms with Gasteiger partial charge >= 0.3 is 0 Å². The summed E-state index contributed by atoms with van der Waals surface area (Å²) in [6.07, 6.45) is 6.58. The monoisotopic (exact) mass is 226 g/mol. The molecule has 0 amide bonds. The van der Waals surface area contributed by atoms with Gasteiger partial charge < -0.3 is 15.4 Å². The van der Waals surface area contributed by atoms with Gasteiger partial charge in [0, 0.05) is 26.3 Å². The van der Waals surface area contributed by atoms with Gasteiger partial charge in [-0.2, -0.15) is 0 Å². The molecule has 0 atom stereocenters. The lowest BCUT2D eigenvalue weighted by molar-refractivity contribution is 0.000152. The van der Waals surface area contributed by atoms with Crippen molar-refractivity contribution < 1.29 is 4.74 Å². The first-order chi connectivity index (χ1) is 7.74. The summed E-state index contributed by atoms with van der Waals surface area (Å²) in [6, 6.07) is 0. The van der Waals surface area contributed by atoms with Gasteiger partial charge in [-0.05, 0) is 50.6 Å². The van der Waals surface area contributed by atoms with E-state index in [-0.39, 0.29) is 0 Å². The van der Waals surface area contributed by atoms with E-state index < -0.39 is 0 Å². The Bertz CT molecular complexity index is 210. The summed E-state index contributed by atoms with van der Waals surface area (Å²) < 4.78 is 5.45. The van der Waals surface area contributed by atoms with Crippen LogP contribution >= 0.6 is 0 Å². The van der Waals surface area contributed by atoms with Crippen LogP contribution in [0, 0.1) is 11.3 Å². The molecule has 0 aromatic carbocycles. The number of nitrogens with zero attached hydrogens (tertiary/aromatic N) is 1. The van der Waals surface area contributed by atoms with Gasteiger partial charge in [0.25, 0.3) is 0 Å². The molecule has 0 spiro atoms. The van der Waals surface area contributed by atoms with Crippen LogP contribution in [0.2, 0.25) is 0 Å². The van der Waals surface area contributed by atoms with Crippen molar-refractivity contribution >= 4 is 0 Å². The lowest BCUT2D eigenvalue weighted by Gasteiger charge is -2.40. The molecule has 2 aliphatic rings. The average molecular weight is 226 g/mol. The smallest absolute Gasteiger partial charge is 0.0472 e. The van der Waals surface area contributed by atoms with Gasteiger partial charge in [0.15, 0.2) is 0 Å². The lowest BCUT2D eigenvalue weighted by Crippen LogP contribution is -2.46. The van der Waals surface area contributed by atoms with Crippen molar-refractivity contribution in [2.75, 3.05) is 39.9 Å². The molecule has 2 N–H and O–H groups in total. The molecule has 0 aromatic rings. The van der Waals surface area contributed by atoms with Crippen LogP contribution in [0.5, 0.6) is 0 Å². The van der Waals surface area contributed by atoms with Crippen LogP contribution in [0.25, 0.3) is 0 Å². The van der Waals surface area contributed by atoms with Crippen molar-refractivity contribution in [3.05, 3.63) is 0 Å². The zero-order chi connectivity index (χ0) is 11.4. The highest BCUT2D eigenvalue weighted by Gasteiger charge is 2.33. The Morgan fingerprint density at radius 1 is 1.31 bits per heavy atom. The third-order valence-corrected chi connectivity index (χ3v) is 4.39. The Kier molecular flexibility index (Phi) is 4.22. The maximum Gasteiger partial charge on any atom is 0.0472 e. The Morgan fingerprint density at radius 2 is 2.00 bits per heavy atom. The minimum absolute atomic E-state index is 0.330. The van der Waals surface area contributed by atoms with Crippen molar-refractivity contribution in [1.29, 1.82) is 0 Å². The van der Waals surface area contributed by atoms with Gasteiger partial charge in [-0.1, -0.05) is 6.42 Å². The van der Waals surface area contributed by atoms with E-state index in [1.165, 1.54) is 25.8 Å². The molecule has 3 heteroatoms. The van der Waals surface area contributed by atoms with Crippen molar-refractivity contribution in [2.24, 2.45) is 17.1 Å². The van der Waals surface area contributed by atoms with Gasteiger partial charge in [0.05, 0.1) is 0 Å². The van der Waals surface area contributed by atoms with Gasteiger partial charge in [0.1, 0.15) is 0 Å². The van der Waals surface area contributed by atoms with Crippen molar-refractivity contribution in [3.8, 4) is 0 Å². The number of hydrogen-bond acceptors (Lipinski definition) is 3. The van der Waals surface area contributed by atoms with Crippen molar-refractivity contribution in [2.45, 2.75) is 32.1 Å². The predicted molar refractivity (Wildman–Crippen MR) is 66.4 cm³/mol. The summed E-state index contributed by atoms with van der Waals surface area (Å²) >= 11 is 0. The van der Waals surface area contributed by atoms with Crippen molar-refractivity contribution in [1.82, 2.24) is 4.90 Å². The van der Waals surface area contributed by atoms with Crippen LogP contribution in [0.3, 0.4) is 0 Å². The van der Waals surface area contributed by atoms with Gasteiger partial charge in [-0.25, -0.2) is 0 Å². The standard InChI is InChI=1S/C13H26N2O/c1-15(9-12-3-2-4-12)11-13(10-14)5-7-16-8-6-13/h12H,2-11,14H2,1H3. The van der Waals surface area contributed by atoms with E-state index in [1.807, 2.05) is 0 Å². The van der Waals surface area contributed by atoms with Gasteiger partial charge in [-0.3, -0.25) is 0 Å². The highest BCUT2D eigenvalue weighted by molar-refractivity contribution is 4.86. The minimum Gasteiger partial charge on any atom is -0.381 e. The SMILES string of the molecule is CN(CC1CCC1)CC1(CN)CCOCC1. The molecule has 94 valence electrons. The molecule has 2 fully saturated rings. The Balaban J connectivity index is 1.79. The normalized spacial score (nSPS) is 25.7. The fourth-order valence-corrected chi connectivity index (χ4v) is 2.98. The maximum absolute atomic E-state index is 5.98. The third kappa shape index (κ3) is 2.96. The molecule has 0 aromatic heterocycles. The van der Waals surface area contributed by atoms with Crippen LogP contribution in [-0.4, -0.2) is 44.8 Å². The molecule has 0 bridgehead atoms. The fourth-order valence-electron chi connectivity index (χ4n) is 2.98. The van der Waals surface area contributed by atoms with E-state index in [9.17, 15) is 0 Å². The first kappa shape index (κ1) is 12.3. The number of hydrogen-bond donors (Lipinski definition) is 1. The molecular formula is C13H26N2O. The first-order valence-electron chi connectivity index (χ1n) is 6.70. The Hall–Kier alpha value is -0.120. The lowest BCUT2D eigenvalue weighted by atomic mass is 9.79. The highest BCUT2D eigenvalue weighted by Crippen LogP contribution is 2.32. The first-order valence-corrected chi connectivity index (χ1v) is 6.70. The van der Waals surface area contributed by atoms with Crippen molar-refractivity contribution in [3.63, 3.8) is 0 Å². The molecule has 1 saturated carbocycles. The molecular weight excluding hydrogens is 200 g/mol. The minimum atomic E-state index is 0.330. The summed E-state index contributed by atoms with van der Waals surface area (Å²) in [7, 11) is 2.26. The maximum atomic E-state index is 5.98. The molecule has 2 rings (SSSR count). The summed E-state index contributed by atoms with van der Waals surface area (Å²) in [5, 5.41) is 0. The second-order valence-corrected chi connectivity index (χ2v) is 5.81. The number of nitrogens with two attached hydrogens (primary N) is 1. The molecule has 0 radical (unpaired) electrons. The summed E-state index contributed by atoms with van der Waals surface area (Å²) in [6.45, 7) is 5.03. The molecule has 1 aliphatic heterocycles. The largest absolute Gasteiger partial charge is 0.381 e. The Labute approximate surface area is 99.3 Å². The van der Waals surface area contributed by atoms with Gasteiger partial charge in [-0.15, -0.1) is 0 Å². The molecule has 0 unspecified atom stereocenters. The molecule has 1 aliphatic carbocycles. The van der Waals surface area contributed by atoms with Crippen LogP contribution in [0.4, 0.5) is 0 Å². The summed E-state index contributed by atoms with van der Waals surface area (Å²) in [4.78, 5) is 2.50. The Morgan fingerprint density at radius 3 is 2.50 bits per heavy atom. The quantitative estimate of drug-likeness (QED) is 0.771. The molecule has 1 saturated heterocycles. The van der Waals surface area contributed by atoms with Crippen LogP contribution < -0.4 is 5.73 Å². The van der Waals surface area contributed by atoms with Crippen LogP contribution in [0.1, 0.15) is 32.1 Å². The van der Waals surface area contributed by atoms with Gasteiger partial charge in [0.2, 0.25) is 0 Å². The van der Waals surface area contributed by atoms with E-state index in [2.05, 4.69) is 11.9 Å². The zero-order valence-electron chi connectivity index (χ0n) is 10.6. The van der Waals surface area contributed by atoms with E-state index in [4.69, 9.17) is 10.5 Å². The summed E-state index contributed by atoms with van der Waals surface area (Å²) in [5.41, 5.74) is 6.31. The van der Waals surface area contributed by atoms with E-state index >= 15 is 0 Å². The van der Waals surface area contributed by atoms with E-state index in [0.717, 1.165) is 45.1 Å². The second-order valence-electron chi connectivity index (χ2n) is 5.81.